The van der Waals surface area contributed by atoms with Crippen LogP contribution in [0.15, 0.2) is 24.0 Å². The summed E-state index contributed by atoms with van der Waals surface area (Å²) >= 11 is 1.35. The highest BCUT2D eigenvalue weighted by Crippen LogP contribution is 2.17. The first-order valence-corrected chi connectivity index (χ1v) is 5.44. The van der Waals surface area contributed by atoms with E-state index in [-0.39, 0.29) is 5.76 Å². The van der Waals surface area contributed by atoms with Gasteiger partial charge in [-0.25, -0.2) is 4.79 Å². The van der Waals surface area contributed by atoms with Gasteiger partial charge in [0, 0.05) is 12.9 Å². The fraction of sp³-hybridized carbons (Fsp3) is 0.500. The number of carbonyl (C=O) groups excluding carboxylic acids is 1. The Bertz CT molecular complexity index is 238. The van der Waals surface area contributed by atoms with Gasteiger partial charge >= 0.3 is 5.97 Å². The van der Waals surface area contributed by atoms with E-state index in [0.29, 0.717) is 24.1 Å². The van der Waals surface area contributed by atoms with Gasteiger partial charge in [0.25, 0.3) is 0 Å². The largest absolute Gasteiger partial charge is 0.460 e. The van der Waals surface area contributed by atoms with Crippen LogP contribution in [-0.4, -0.2) is 32.0 Å². The zero-order chi connectivity index (χ0) is 11.7. The molecule has 0 aromatic heterocycles. The average molecular weight is 232 g/mol. The molecule has 0 bridgehead atoms. The number of esters is 1. The molecule has 0 saturated heterocycles. The molecule has 0 spiro atoms. The molecule has 0 aliphatic heterocycles. The number of hydrogen-bond acceptors (Lipinski definition) is 5. The normalized spacial score (nSPS) is 9.47. The summed E-state index contributed by atoms with van der Waals surface area (Å²) in [4.78, 5) is 11.1. The number of ether oxygens (including phenoxy) is 3. The minimum Gasteiger partial charge on any atom is -0.460 e. The molecule has 0 saturated carbocycles. The van der Waals surface area contributed by atoms with Crippen LogP contribution in [0.3, 0.4) is 0 Å². The van der Waals surface area contributed by atoms with E-state index in [0.717, 1.165) is 0 Å². The fourth-order valence-electron chi connectivity index (χ4n) is 0.659. The monoisotopic (exact) mass is 232 g/mol. The molecule has 0 unspecified atom stereocenters. The molecular formula is C10H16O4S. The summed E-state index contributed by atoms with van der Waals surface area (Å²) in [6, 6.07) is 0. The van der Waals surface area contributed by atoms with Crippen LogP contribution in [-0.2, 0) is 19.0 Å². The molecule has 0 aromatic carbocycles. The van der Waals surface area contributed by atoms with E-state index in [4.69, 9.17) is 14.2 Å². The fourth-order valence-corrected chi connectivity index (χ4v) is 1.30. The Hall–Kier alpha value is -0.940. The molecule has 15 heavy (non-hydrogen) atoms. The van der Waals surface area contributed by atoms with Crippen molar-refractivity contribution >= 4 is 17.7 Å². The molecule has 0 N–H and O–H groups in total. The highest BCUT2D eigenvalue weighted by atomic mass is 32.2. The number of carbonyl (C=O) groups is 1. The van der Waals surface area contributed by atoms with Crippen molar-refractivity contribution in [2.45, 2.75) is 6.92 Å². The third-order valence-electron chi connectivity index (χ3n) is 1.29. The highest BCUT2D eigenvalue weighted by Gasteiger charge is 2.10. The van der Waals surface area contributed by atoms with Gasteiger partial charge in [-0.2, -0.15) is 0 Å². The SMILES string of the molecule is C=C(OC(=C)C(=O)OCC)SCCOC. The van der Waals surface area contributed by atoms with E-state index in [1.807, 2.05) is 0 Å². The highest BCUT2D eigenvalue weighted by molar-refractivity contribution is 8.02. The van der Waals surface area contributed by atoms with Crippen molar-refractivity contribution in [3.8, 4) is 0 Å². The molecule has 0 fully saturated rings. The van der Waals surface area contributed by atoms with Gasteiger partial charge in [0.05, 0.1) is 13.2 Å². The van der Waals surface area contributed by atoms with E-state index in [1.54, 1.807) is 14.0 Å². The predicted molar refractivity (Wildman–Crippen MR) is 60.3 cm³/mol. The number of hydrogen-bond donors (Lipinski definition) is 0. The van der Waals surface area contributed by atoms with E-state index in [9.17, 15) is 4.79 Å². The van der Waals surface area contributed by atoms with E-state index >= 15 is 0 Å². The van der Waals surface area contributed by atoms with Crippen LogP contribution in [0.5, 0.6) is 0 Å². The summed E-state index contributed by atoms with van der Waals surface area (Å²) in [7, 11) is 1.61. The van der Waals surface area contributed by atoms with E-state index in [1.165, 1.54) is 11.8 Å². The van der Waals surface area contributed by atoms with Crippen LogP contribution < -0.4 is 0 Å². The first kappa shape index (κ1) is 14.1. The van der Waals surface area contributed by atoms with Crippen molar-refractivity contribution in [1.29, 1.82) is 0 Å². The van der Waals surface area contributed by atoms with Gasteiger partial charge < -0.3 is 14.2 Å². The Morgan fingerprint density at radius 2 is 2.07 bits per heavy atom. The van der Waals surface area contributed by atoms with Crippen molar-refractivity contribution in [2.24, 2.45) is 0 Å². The van der Waals surface area contributed by atoms with Crippen molar-refractivity contribution < 1.29 is 19.0 Å². The first-order valence-electron chi connectivity index (χ1n) is 4.46. The molecular weight excluding hydrogens is 216 g/mol. The third-order valence-corrected chi connectivity index (χ3v) is 2.07. The van der Waals surface area contributed by atoms with E-state index in [2.05, 4.69) is 13.2 Å². The van der Waals surface area contributed by atoms with Crippen molar-refractivity contribution in [2.75, 3.05) is 26.1 Å². The minimum atomic E-state index is -0.564. The number of methoxy groups -OCH3 is 1. The number of rotatable bonds is 8. The molecule has 0 aromatic rings. The van der Waals surface area contributed by atoms with Gasteiger partial charge in [-0.1, -0.05) is 11.8 Å². The molecule has 0 amide bonds. The Morgan fingerprint density at radius 3 is 2.60 bits per heavy atom. The van der Waals surface area contributed by atoms with Gasteiger partial charge in [0.2, 0.25) is 5.76 Å². The van der Waals surface area contributed by atoms with Crippen LogP contribution in [0.4, 0.5) is 0 Å². The average Bonchev–Trinajstić information content (AvgIpc) is 2.18. The Labute approximate surface area is 94.3 Å². The Balaban J connectivity index is 3.76. The maximum Gasteiger partial charge on any atom is 0.373 e. The summed E-state index contributed by atoms with van der Waals surface area (Å²) in [5.41, 5.74) is 0. The molecule has 0 atom stereocenters. The lowest BCUT2D eigenvalue weighted by Gasteiger charge is -2.09. The summed E-state index contributed by atoms with van der Waals surface area (Å²) < 4.78 is 14.6. The van der Waals surface area contributed by atoms with Crippen LogP contribution in [0, 0.1) is 0 Å². The van der Waals surface area contributed by atoms with Gasteiger partial charge in [-0.15, -0.1) is 0 Å². The summed E-state index contributed by atoms with van der Waals surface area (Å²) in [6.07, 6.45) is 0. The van der Waals surface area contributed by atoms with Crippen molar-refractivity contribution in [3.63, 3.8) is 0 Å². The van der Waals surface area contributed by atoms with Gasteiger partial charge in [0.1, 0.15) is 0 Å². The standard InChI is InChI=1S/C10H16O4S/c1-5-13-10(11)8(2)14-9(3)15-7-6-12-4/h2-3,5-7H2,1,4H3. The maximum absolute atomic E-state index is 11.1. The molecule has 86 valence electrons. The quantitative estimate of drug-likeness (QED) is 0.277. The minimum absolute atomic E-state index is 0.0493. The Kier molecular flexibility index (Phi) is 7.85. The molecule has 5 heteroatoms. The summed E-state index contributed by atoms with van der Waals surface area (Å²) in [5.74, 6) is 0.101. The second-order valence-corrected chi connectivity index (χ2v) is 3.61. The van der Waals surface area contributed by atoms with Gasteiger partial charge in [-0.3, -0.25) is 0 Å². The molecule has 4 nitrogen and oxygen atoms in total. The lowest BCUT2D eigenvalue weighted by atomic mass is 10.6. The molecule has 0 aliphatic carbocycles. The lowest BCUT2D eigenvalue weighted by Crippen LogP contribution is -2.08. The zero-order valence-electron chi connectivity index (χ0n) is 9.08. The van der Waals surface area contributed by atoms with Gasteiger partial charge in [-0.05, 0) is 20.1 Å². The predicted octanol–water partition coefficient (Wildman–Crippen LogP) is 1.93. The van der Waals surface area contributed by atoms with Gasteiger partial charge in [0.15, 0.2) is 5.09 Å². The van der Waals surface area contributed by atoms with Crippen LogP contribution in [0.25, 0.3) is 0 Å². The zero-order valence-corrected chi connectivity index (χ0v) is 9.89. The lowest BCUT2D eigenvalue weighted by molar-refractivity contribution is -0.141. The molecule has 0 radical (unpaired) electrons. The molecule has 0 aliphatic rings. The third kappa shape index (κ3) is 7.04. The van der Waals surface area contributed by atoms with Crippen LogP contribution in [0.1, 0.15) is 6.92 Å². The summed E-state index contributed by atoms with van der Waals surface area (Å²) in [6.45, 7) is 9.67. The van der Waals surface area contributed by atoms with Crippen LogP contribution >= 0.6 is 11.8 Å². The van der Waals surface area contributed by atoms with Crippen molar-refractivity contribution in [3.05, 3.63) is 24.0 Å². The maximum atomic E-state index is 11.1. The second kappa shape index (κ2) is 8.38. The topological polar surface area (TPSA) is 44.8 Å². The van der Waals surface area contributed by atoms with Crippen LogP contribution in [0.2, 0.25) is 0 Å². The Morgan fingerprint density at radius 1 is 1.40 bits per heavy atom. The smallest absolute Gasteiger partial charge is 0.373 e. The van der Waals surface area contributed by atoms with Crippen molar-refractivity contribution in [1.82, 2.24) is 0 Å². The molecule has 0 heterocycles. The molecule has 0 rings (SSSR count). The number of thioether (sulfide) groups is 1. The first-order chi connectivity index (χ1) is 7.11. The van der Waals surface area contributed by atoms with E-state index < -0.39 is 5.97 Å². The summed E-state index contributed by atoms with van der Waals surface area (Å²) in [5, 5.41) is 0.408. The second-order valence-electron chi connectivity index (χ2n) is 2.46.